The monoisotopic (exact) mass is 237 g/mol. The molecular formula is C16H15NO. The van der Waals surface area contributed by atoms with Crippen LogP contribution in [0, 0.1) is 0 Å². The van der Waals surface area contributed by atoms with E-state index in [-0.39, 0.29) is 11.9 Å². The third-order valence-electron chi connectivity index (χ3n) is 3.63. The molecule has 2 aromatic carbocycles. The Morgan fingerprint density at radius 2 is 1.67 bits per heavy atom. The van der Waals surface area contributed by atoms with Gasteiger partial charge in [0.15, 0.2) is 0 Å². The average Bonchev–Trinajstić information content (AvgIpc) is 2.44. The third kappa shape index (κ3) is 1.70. The summed E-state index contributed by atoms with van der Waals surface area (Å²) >= 11 is 0. The lowest BCUT2D eigenvalue weighted by Gasteiger charge is -2.34. The summed E-state index contributed by atoms with van der Waals surface area (Å²) in [6.45, 7) is 0. The number of benzene rings is 2. The summed E-state index contributed by atoms with van der Waals surface area (Å²) in [4.78, 5) is 14.2. The van der Waals surface area contributed by atoms with Gasteiger partial charge in [0.2, 0.25) is 0 Å². The fraction of sp³-hybridized carbons (Fsp3) is 0.188. The van der Waals surface area contributed by atoms with Crippen LogP contribution >= 0.6 is 0 Å². The van der Waals surface area contributed by atoms with Gasteiger partial charge in [0.25, 0.3) is 5.91 Å². The van der Waals surface area contributed by atoms with E-state index in [1.54, 1.807) is 0 Å². The van der Waals surface area contributed by atoms with Crippen molar-refractivity contribution in [2.45, 2.75) is 12.5 Å². The second-order valence-corrected chi connectivity index (χ2v) is 4.70. The second kappa shape index (κ2) is 4.30. The van der Waals surface area contributed by atoms with Crippen LogP contribution in [0.25, 0.3) is 0 Å². The van der Waals surface area contributed by atoms with Crippen LogP contribution in [0.15, 0.2) is 54.6 Å². The standard InChI is InChI=1S/C16H15NO/c1-17-15(12-7-3-2-4-8-12)11-13-9-5-6-10-14(13)16(17)18/h2-10,15H,11H2,1H3. The minimum atomic E-state index is 0.116. The van der Waals surface area contributed by atoms with E-state index in [0.717, 1.165) is 17.5 Å². The number of likely N-dealkylation sites (N-methyl/N-ethyl adjacent to an activating group) is 1. The van der Waals surface area contributed by atoms with Crippen LogP contribution in [0.5, 0.6) is 0 Å². The molecule has 2 heteroatoms. The predicted molar refractivity (Wildman–Crippen MR) is 71.4 cm³/mol. The van der Waals surface area contributed by atoms with Crippen LogP contribution in [0.3, 0.4) is 0 Å². The number of amides is 1. The number of nitrogens with zero attached hydrogens (tertiary/aromatic N) is 1. The van der Waals surface area contributed by atoms with Crippen molar-refractivity contribution in [3.05, 3.63) is 71.3 Å². The fourth-order valence-corrected chi connectivity index (χ4v) is 2.60. The fourth-order valence-electron chi connectivity index (χ4n) is 2.60. The van der Waals surface area contributed by atoms with E-state index in [0.29, 0.717) is 0 Å². The number of carbonyl (C=O) groups excluding carboxylic acids is 1. The lowest BCUT2D eigenvalue weighted by Crippen LogP contribution is -2.37. The highest BCUT2D eigenvalue weighted by molar-refractivity contribution is 5.96. The summed E-state index contributed by atoms with van der Waals surface area (Å²) in [6.07, 6.45) is 0.891. The molecule has 1 heterocycles. The highest BCUT2D eigenvalue weighted by atomic mass is 16.2. The molecule has 90 valence electrons. The Morgan fingerprint density at radius 1 is 1.00 bits per heavy atom. The molecule has 0 saturated heterocycles. The third-order valence-corrected chi connectivity index (χ3v) is 3.63. The van der Waals surface area contributed by atoms with E-state index >= 15 is 0 Å². The van der Waals surface area contributed by atoms with E-state index in [1.165, 1.54) is 5.56 Å². The van der Waals surface area contributed by atoms with Gasteiger partial charge >= 0.3 is 0 Å². The molecule has 0 fully saturated rings. The van der Waals surface area contributed by atoms with Crippen LogP contribution in [-0.4, -0.2) is 17.9 Å². The lowest BCUT2D eigenvalue weighted by molar-refractivity contribution is 0.0705. The van der Waals surface area contributed by atoms with Gasteiger partial charge < -0.3 is 4.90 Å². The Hall–Kier alpha value is -2.09. The molecule has 0 saturated carbocycles. The number of hydrogen-bond donors (Lipinski definition) is 0. The summed E-state index contributed by atoms with van der Waals surface area (Å²) in [5.41, 5.74) is 3.18. The van der Waals surface area contributed by atoms with Gasteiger partial charge in [-0.25, -0.2) is 0 Å². The van der Waals surface area contributed by atoms with Crippen LogP contribution < -0.4 is 0 Å². The van der Waals surface area contributed by atoms with Crippen LogP contribution in [-0.2, 0) is 6.42 Å². The van der Waals surface area contributed by atoms with Gasteiger partial charge in [-0.1, -0.05) is 48.5 Å². The number of hydrogen-bond acceptors (Lipinski definition) is 1. The largest absolute Gasteiger partial charge is 0.334 e. The quantitative estimate of drug-likeness (QED) is 0.746. The molecular weight excluding hydrogens is 222 g/mol. The first-order chi connectivity index (χ1) is 8.77. The maximum Gasteiger partial charge on any atom is 0.254 e. The molecule has 1 atom stereocenters. The minimum Gasteiger partial charge on any atom is -0.334 e. The highest BCUT2D eigenvalue weighted by Crippen LogP contribution is 2.31. The Bertz CT molecular complexity index is 577. The van der Waals surface area contributed by atoms with Gasteiger partial charge in [0, 0.05) is 12.6 Å². The lowest BCUT2D eigenvalue weighted by atomic mass is 9.90. The molecule has 1 amide bonds. The van der Waals surface area contributed by atoms with Crippen molar-refractivity contribution in [2.24, 2.45) is 0 Å². The first-order valence-corrected chi connectivity index (χ1v) is 6.17. The topological polar surface area (TPSA) is 20.3 Å². The van der Waals surface area contributed by atoms with E-state index in [9.17, 15) is 4.79 Å². The van der Waals surface area contributed by atoms with E-state index in [4.69, 9.17) is 0 Å². The van der Waals surface area contributed by atoms with Crippen LogP contribution in [0.1, 0.15) is 27.5 Å². The first kappa shape index (κ1) is 11.0. The SMILES string of the molecule is CN1C(=O)c2ccccc2CC1c1ccccc1. The molecule has 0 spiro atoms. The molecule has 18 heavy (non-hydrogen) atoms. The second-order valence-electron chi connectivity index (χ2n) is 4.70. The molecule has 3 rings (SSSR count). The van der Waals surface area contributed by atoms with E-state index < -0.39 is 0 Å². The Morgan fingerprint density at radius 3 is 2.44 bits per heavy atom. The predicted octanol–water partition coefficient (Wildman–Crippen LogP) is 3.06. The summed E-state index contributed by atoms with van der Waals surface area (Å²) in [5, 5.41) is 0. The molecule has 0 radical (unpaired) electrons. The molecule has 1 aliphatic rings. The summed E-state index contributed by atoms with van der Waals surface area (Å²) in [5.74, 6) is 0.116. The zero-order valence-electron chi connectivity index (χ0n) is 10.3. The maximum absolute atomic E-state index is 12.3. The molecule has 0 aliphatic carbocycles. The van der Waals surface area contributed by atoms with Crippen molar-refractivity contribution in [1.29, 1.82) is 0 Å². The Kier molecular flexibility index (Phi) is 2.63. The minimum absolute atomic E-state index is 0.116. The van der Waals surface area contributed by atoms with Crippen LogP contribution in [0.4, 0.5) is 0 Å². The first-order valence-electron chi connectivity index (χ1n) is 6.17. The van der Waals surface area contributed by atoms with Crippen molar-refractivity contribution >= 4 is 5.91 Å². The molecule has 1 unspecified atom stereocenters. The van der Waals surface area contributed by atoms with Gasteiger partial charge in [-0.3, -0.25) is 4.79 Å². The van der Waals surface area contributed by atoms with Crippen molar-refractivity contribution < 1.29 is 4.79 Å². The zero-order chi connectivity index (χ0) is 12.5. The molecule has 0 N–H and O–H groups in total. The van der Waals surface area contributed by atoms with Gasteiger partial charge in [-0.2, -0.15) is 0 Å². The van der Waals surface area contributed by atoms with Gasteiger partial charge in [-0.15, -0.1) is 0 Å². The van der Waals surface area contributed by atoms with Crippen molar-refractivity contribution in [3.8, 4) is 0 Å². The smallest absolute Gasteiger partial charge is 0.254 e. The van der Waals surface area contributed by atoms with Gasteiger partial charge in [-0.05, 0) is 23.6 Å². The molecule has 2 aromatic rings. The normalized spacial score (nSPS) is 18.6. The van der Waals surface area contributed by atoms with Crippen molar-refractivity contribution in [1.82, 2.24) is 4.90 Å². The van der Waals surface area contributed by atoms with Crippen molar-refractivity contribution in [3.63, 3.8) is 0 Å². The van der Waals surface area contributed by atoms with E-state index in [2.05, 4.69) is 18.2 Å². The number of fused-ring (bicyclic) bond motifs is 1. The number of rotatable bonds is 1. The molecule has 0 bridgehead atoms. The Labute approximate surface area is 107 Å². The molecule has 0 aromatic heterocycles. The van der Waals surface area contributed by atoms with Gasteiger partial charge in [0.1, 0.15) is 0 Å². The van der Waals surface area contributed by atoms with Gasteiger partial charge in [0.05, 0.1) is 6.04 Å². The zero-order valence-corrected chi connectivity index (χ0v) is 10.3. The molecule has 2 nitrogen and oxygen atoms in total. The maximum atomic E-state index is 12.3. The highest BCUT2D eigenvalue weighted by Gasteiger charge is 2.29. The molecule has 1 aliphatic heterocycles. The summed E-state index contributed by atoms with van der Waals surface area (Å²) < 4.78 is 0. The van der Waals surface area contributed by atoms with Crippen LogP contribution in [0.2, 0.25) is 0 Å². The van der Waals surface area contributed by atoms with E-state index in [1.807, 2.05) is 48.3 Å². The summed E-state index contributed by atoms with van der Waals surface area (Å²) in [7, 11) is 1.88. The summed E-state index contributed by atoms with van der Waals surface area (Å²) in [6, 6.07) is 18.3. The van der Waals surface area contributed by atoms with Crippen molar-refractivity contribution in [2.75, 3.05) is 7.05 Å². The Balaban J connectivity index is 2.04. The number of carbonyl (C=O) groups is 1. The average molecular weight is 237 g/mol.